The summed E-state index contributed by atoms with van der Waals surface area (Å²) in [6, 6.07) is 0.209. The van der Waals surface area contributed by atoms with E-state index in [-0.39, 0.29) is 17.9 Å². The van der Waals surface area contributed by atoms with Crippen LogP contribution in [0, 0.1) is 0 Å². The number of hydrogen-bond acceptors (Lipinski definition) is 3. The first-order chi connectivity index (χ1) is 4.74. The molecule has 1 saturated heterocycles. The van der Waals surface area contributed by atoms with Crippen molar-refractivity contribution >= 4 is 5.78 Å². The Kier molecular flexibility index (Phi) is 2.40. The van der Waals surface area contributed by atoms with Gasteiger partial charge in [0, 0.05) is 12.5 Å². The molecule has 0 aromatic rings. The highest BCUT2D eigenvalue weighted by molar-refractivity contribution is 5.81. The lowest BCUT2D eigenvalue weighted by molar-refractivity contribution is -0.132. The Morgan fingerprint density at radius 3 is 2.90 bits per heavy atom. The van der Waals surface area contributed by atoms with Crippen molar-refractivity contribution in [3.63, 3.8) is 0 Å². The molecule has 1 fully saturated rings. The van der Waals surface area contributed by atoms with Gasteiger partial charge in [0.25, 0.3) is 0 Å². The molecule has 0 aliphatic carbocycles. The highest BCUT2D eigenvalue weighted by atomic mass is 16.5. The second kappa shape index (κ2) is 3.12. The molecule has 0 aromatic carbocycles. The third-order valence-corrected chi connectivity index (χ3v) is 1.89. The average molecular weight is 143 g/mol. The van der Waals surface area contributed by atoms with Gasteiger partial charge in [0.1, 0.15) is 6.61 Å². The molecule has 1 aliphatic heterocycles. The molecule has 0 aromatic heterocycles. The summed E-state index contributed by atoms with van der Waals surface area (Å²) in [5, 5.41) is 3.04. The maximum atomic E-state index is 10.8. The zero-order chi connectivity index (χ0) is 7.56. The molecule has 1 heterocycles. The van der Waals surface area contributed by atoms with E-state index in [1.54, 1.807) is 0 Å². The van der Waals surface area contributed by atoms with Gasteiger partial charge in [0.05, 0.1) is 6.10 Å². The van der Waals surface area contributed by atoms with E-state index in [0.717, 1.165) is 0 Å². The summed E-state index contributed by atoms with van der Waals surface area (Å²) in [4.78, 5) is 10.8. The number of nitrogens with one attached hydrogen (secondary N) is 1. The Morgan fingerprint density at radius 1 is 1.70 bits per heavy atom. The molecular formula is C7H13NO2. The number of rotatable bonds is 1. The third kappa shape index (κ3) is 1.55. The first kappa shape index (κ1) is 7.69. The Balaban J connectivity index is 2.45. The van der Waals surface area contributed by atoms with E-state index in [2.05, 4.69) is 5.32 Å². The van der Waals surface area contributed by atoms with Gasteiger partial charge in [0.2, 0.25) is 0 Å². The minimum Gasteiger partial charge on any atom is -0.369 e. The van der Waals surface area contributed by atoms with E-state index in [1.165, 1.54) is 0 Å². The highest BCUT2D eigenvalue weighted by Crippen LogP contribution is 2.09. The minimum atomic E-state index is 0.169. The van der Waals surface area contributed by atoms with E-state index in [4.69, 9.17) is 4.74 Å². The Morgan fingerprint density at radius 2 is 2.40 bits per heavy atom. The van der Waals surface area contributed by atoms with Crippen LogP contribution >= 0.6 is 0 Å². The van der Waals surface area contributed by atoms with Crippen molar-refractivity contribution in [2.75, 3.05) is 13.7 Å². The van der Waals surface area contributed by atoms with E-state index in [1.807, 2.05) is 14.0 Å². The molecule has 10 heavy (non-hydrogen) atoms. The van der Waals surface area contributed by atoms with Crippen molar-refractivity contribution in [1.29, 1.82) is 0 Å². The largest absolute Gasteiger partial charge is 0.369 e. The van der Waals surface area contributed by atoms with Gasteiger partial charge >= 0.3 is 0 Å². The quantitative estimate of drug-likeness (QED) is 0.559. The predicted octanol–water partition coefficient (Wildman–Crippen LogP) is -0.0477. The summed E-state index contributed by atoms with van der Waals surface area (Å²) < 4.78 is 5.18. The van der Waals surface area contributed by atoms with Crippen molar-refractivity contribution < 1.29 is 9.53 Å². The number of carbonyl (C=O) groups excluding carboxylic acids is 1. The first-order valence-electron chi connectivity index (χ1n) is 3.54. The Labute approximate surface area is 60.7 Å². The summed E-state index contributed by atoms with van der Waals surface area (Å²) in [5.74, 6) is 0.192. The number of likely N-dealkylation sites (N-methyl/N-ethyl adjacent to an activating group) is 1. The van der Waals surface area contributed by atoms with Crippen molar-refractivity contribution in [1.82, 2.24) is 5.32 Å². The van der Waals surface area contributed by atoms with Gasteiger partial charge in [0.15, 0.2) is 5.78 Å². The number of ether oxygens (including phenoxy) is 1. The molecule has 0 spiro atoms. The van der Waals surface area contributed by atoms with Crippen molar-refractivity contribution in [2.24, 2.45) is 0 Å². The number of carbonyl (C=O) groups is 1. The average Bonchev–Trinajstić information content (AvgIpc) is 1.94. The first-order valence-corrected chi connectivity index (χ1v) is 3.54. The lowest BCUT2D eigenvalue weighted by Gasteiger charge is -2.27. The summed E-state index contributed by atoms with van der Waals surface area (Å²) in [5.41, 5.74) is 0. The molecule has 1 N–H and O–H groups in total. The Bertz CT molecular complexity index is 136. The lowest BCUT2D eigenvalue weighted by Crippen LogP contribution is -2.44. The summed E-state index contributed by atoms with van der Waals surface area (Å²) >= 11 is 0. The van der Waals surface area contributed by atoms with Crippen molar-refractivity contribution in [3.05, 3.63) is 0 Å². The van der Waals surface area contributed by atoms with Crippen LogP contribution in [-0.4, -0.2) is 31.6 Å². The predicted molar refractivity (Wildman–Crippen MR) is 37.9 cm³/mol. The topological polar surface area (TPSA) is 38.3 Å². The van der Waals surface area contributed by atoms with Gasteiger partial charge < -0.3 is 10.1 Å². The normalized spacial score (nSPS) is 34.4. The van der Waals surface area contributed by atoms with Crippen LogP contribution < -0.4 is 5.32 Å². The molecule has 0 saturated carbocycles. The fourth-order valence-electron chi connectivity index (χ4n) is 1.15. The maximum absolute atomic E-state index is 10.8. The molecule has 0 bridgehead atoms. The molecule has 3 heteroatoms. The number of Topliss-reactive ketones (excluding diaryl/α,β-unsaturated/α-hetero) is 1. The van der Waals surface area contributed by atoms with Gasteiger partial charge in [-0.3, -0.25) is 4.79 Å². The molecular weight excluding hydrogens is 130 g/mol. The molecule has 0 unspecified atom stereocenters. The minimum absolute atomic E-state index is 0.169. The van der Waals surface area contributed by atoms with E-state index in [9.17, 15) is 4.79 Å². The van der Waals surface area contributed by atoms with Crippen molar-refractivity contribution in [3.8, 4) is 0 Å². The molecule has 1 aliphatic rings. The SMILES string of the molecule is CN[C@@H]1CC(=O)CO[C@@H]1C. The molecule has 2 atom stereocenters. The van der Waals surface area contributed by atoms with Gasteiger partial charge in [-0.05, 0) is 14.0 Å². The summed E-state index contributed by atoms with van der Waals surface area (Å²) in [7, 11) is 1.85. The monoisotopic (exact) mass is 143 g/mol. The zero-order valence-electron chi connectivity index (χ0n) is 6.39. The van der Waals surface area contributed by atoms with Crippen LogP contribution in [0.3, 0.4) is 0 Å². The molecule has 0 radical (unpaired) electrons. The smallest absolute Gasteiger partial charge is 0.160 e. The van der Waals surface area contributed by atoms with Crippen LogP contribution in [0.25, 0.3) is 0 Å². The fourth-order valence-corrected chi connectivity index (χ4v) is 1.15. The highest BCUT2D eigenvalue weighted by Gasteiger charge is 2.24. The van der Waals surface area contributed by atoms with E-state index in [0.29, 0.717) is 13.0 Å². The molecule has 0 amide bonds. The van der Waals surface area contributed by atoms with Crippen LogP contribution in [0.1, 0.15) is 13.3 Å². The van der Waals surface area contributed by atoms with Gasteiger partial charge in [-0.15, -0.1) is 0 Å². The lowest BCUT2D eigenvalue weighted by atomic mass is 10.0. The van der Waals surface area contributed by atoms with Gasteiger partial charge in [-0.25, -0.2) is 0 Å². The molecule has 58 valence electrons. The fraction of sp³-hybridized carbons (Fsp3) is 0.857. The molecule has 3 nitrogen and oxygen atoms in total. The standard InChI is InChI=1S/C7H13NO2/c1-5-7(8-2)3-6(9)4-10-5/h5,7-8H,3-4H2,1-2H3/t5-,7-/m1/s1. The zero-order valence-corrected chi connectivity index (χ0v) is 6.39. The Hall–Kier alpha value is -0.410. The van der Waals surface area contributed by atoms with Crippen LogP contribution in [0.2, 0.25) is 0 Å². The maximum Gasteiger partial charge on any atom is 0.160 e. The number of ketones is 1. The van der Waals surface area contributed by atoms with Crippen molar-refractivity contribution in [2.45, 2.75) is 25.5 Å². The summed E-state index contributed by atoms with van der Waals surface area (Å²) in [6.07, 6.45) is 0.778. The van der Waals surface area contributed by atoms with Gasteiger partial charge in [-0.2, -0.15) is 0 Å². The van der Waals surface area contributed by atoms with Crippen LogP contribution in [0.4, 0.5) is 0 Å². The third-order valence-electron chi connectivity index (χ3n) is 1.89. The number of hydrogen-bond donors (Lipinski definition) is 1. The van der Waals surface area contributed by atoms with Crippen LogP contribution in [-0.2, 0) is 9.53 Å². The van der Waals surface area contributed by atoms with E-state index < -0.39 is 0 Å². The van der Waals surface area contributed by atoms with Gasteiger partial charge in [-0.1, -0.05) is 0 Å². The van der Waals surface area contributed by atoms with E-state index >= 15 is 0 Å². The van der Waals surface area contributed by atoms with Crippen LogP contribution in [0.5, 0.6) is 0 Å². The second-order valence-electron chi connectivity index (χ2n) is 2.65. The van der Waals surface area contributed by atoms with Crippen LogP contribution in [0.15, 0.2) is 0 Å². The second-order valence-corrected chi connectivity index (χ2v) is 2.65. The molecule has 1 rings (SSSR count). The summed E-state index contributed by atoms with van der Waals surface area (Å²) in [6.45, 7) is 2.27.